The molecular formula is C20H16F2N2O4. The van der Waals surface area contributed by atoms with Gasteiger partial charge in [-0.1, -0.05) is 0 Å². The summed E-state index contributed by atoms with van der Waals surface area (Å²) in [6, 6.07) is 7.34. The van der Waals surface area contributed by atoms with Gasteiger partial charge in [-0.15, -0.1) is 0 Å². The first kappa shape index (κ1) is 18.1. The summed E-state index contributed by atoms with van der Waals surface area (Å²) in [6.07, 6.45) is 1.72. The first-order chi connectivity index (χ1) is 13.4. The Morgan fingerprint density at radius 3 is 2.68 bits per heavy atom. The molecule has 1 atom stereocenters. The van der Waals surface area contributed by atoms with Gasteiger partial charge >= 0.3 is 5.97 Å². The van der Waals surface area contributed by atoms with E-state index in [-0.39, 0.29) is 23.1 Å². The Morgan fingerprint density at radius 1 is 1.11 bits per heavy atom. The summed E-state index contributed by atoms with van der Waals surface area (Å²) in [5.74, 6) is -3.73. The van der Waals surface area contributed by atoms with Gasteiger partial charge in [-0.25, -0.2) is 13.6 Å². The van der Waals surface area contributed by atoms with Gasteiger partial charge in [0.05, 0.1) is 16.9 Å². The maximum Gasteiger partial charge on any atom is 0.338 e. The number of esters is 1. The molecule has 2 aliphatic rings. The normalized spacial score (nSPS) is 17.6. The summed E-state index contributed by atoms with van der Waals surface area (Å²) < 4.78 is 31.1. The van der Waals surface area contributed by atoms with Crippen LogP contribution in [0.1, 0.15) is 33.6 Å². The molecule has 0 bridgehead atoms. The predicted molar refractivity (Wildman–Crippen MR) is 96.4 cm³/mol. The third-order valence-corrected chi connectivity index (χ3v) is 4.93. The number of nitrogens with one attached hydrogen (secondary N) is 1. The standard InChI is InChI=1S/C20H16F2N2O4/c21-13-5-3-11(8-14(13)22)18(25)10-28-20(27)12-4-6-16-15(9-12)23-19(26)17-2-1-7-24(16)17/h3-6,8-9,17H,1-2,7,10H2,(H,23,26)/t17-/m0/s1. The van der Waals surface area contributed by atoms with E-state index in [0.717, 1.165) is 43.3 Å². The third-order valence-electron chi connectivity index (χ3n) is 4.93. The molecule has 0 spiro atoms. The minimum atomic E-state index is -1.15. The molecule has 0 unspecified atom stereocenters. The Morgan fingerprint density at radius 2 is 1.89 bits per heavy atom. The van der Waals surface area contributed by atoms with E-state index in [9.17, 15) is 23.2 Å². The molecule has 144 valence electrons. The van der Waals surface area contributed by atoms with E-state index >= 15 is 0 Å². The fraction of sp³-hybridized carbons (Fsp3) is 0.250. The lowest BCUT2D eigenvalue weighted by atomic mass is 10.1. The second-order valence-electron chi connectivity index (χ2n) is 6.70. The molecular weight excluding hydrogens is 370 g/mol. The summed E-state index contributed by atoms with van der Waals surface area (Å²) in [6.45, 7) is 0.166. The van der Waals surface area contributed by atoms with Gasteiger partial charge in [-0.2, -0.15) is 0 Å². The highest BCUT2D eigenvalue weighted by atomic mass is 19.2. The summed E-state index contributed by atoms with van der Waals surface area (Å²) in [5, 5.41) is 2.80. The second-order valence-corrected chi connectivity index (χ2v) is 6.70. The van der Waals surface area contributed by atoms with E-state index in [1.807, 2.05) is 4.90 Å². The number of anilines is 2. The van der Waals surface area contributed by atoms with Crippen molar-refractivity contribution < 1.29 is 27.9 Å². The molecule has 0 aliphatic carbocycles. The number of ether oxygens (including phenoxy) is 1. The minimum Gasteiger partial charge on any atom is -0.454 e. The average Bonchev–Trinajstić information content (AvgIpc) is 3.18. The topological polar surface area (TPSA) is 75.7 Å². The molecule has 0 saturated carbocycles. The van der Waals surface area contributed by atoms with Gasteiger partial charge < -0.3 is 15.0 Å². The number of halogens is 2. The zero-order chi connectivity index (χ0) is 19.8. The van der Waals surface area contributed by atoms with Crippen LogP contribution < -0.4 is 10.2 Å². The lowest BCUT2D eigenvalue weighted by molar-refractivity contribution is -0.117. The second kappa shape index (κ2) is 7.03. The molecule has 0 radical (unpaired) electrons. The molecule has 2 aliphatic heterocycles. The molecule has 0 aromatic heterocycles. The molecule has 6 nitrogen and oxygen atoms in total. The van der Waals surface area contributed by atoms with Crippen LogP contribution in [-0.2, 0) is 9.53 Å². The fourth-order valence-electron chi connectivity index (χ4n) is 3.52. The highest BCUT2D eigenvalue weighted by Gasteiger charge is 2.36. The number of Topliss-reactive ketones (excluding diaryl/α,β-unsaturated/α-hetero) is 1. The lowest BCUT2D eigenvalue weighted by Gasteiger charge is -2.33. The molecule has 1 fully saturated rings. The van der Waals surface area contributed by atoms with Crippen LogP contribution in [0.2, 0.25) is 0 Å². The van der Waals surface area contributed by atoms with E-state index in [1.54, 1.807) is 12.1 Å². The maximum atomic E-state index is 13.2. The molecule has 2 heterocycles. The number of nitrogens with zero attached hydrogens (tertiary/aromatic N) is 1. The van der Waals surface area contributed by atoms with E-state index in [4.69, 9.17) is 4.74 Å². The highest BCUT2D eigenvalue weighted by Crippen LogP contribution is 2.37. The van der Waals surface area contributed by atoms with Crippen LogP contribution in [0.5, 0.6) is 0 Å². The van der Waals surface area contributed by atoms with E-state index in [2.05, 4.69) is 5.32 Å². The Hall–Kier alpha value is -3.29. The Labute approximate surface area is 159 Å². The molecule has 28 heavy (non-hydrogen) atoms. The van der Waals surface area contributed by atoms with Crippen LogP contribution in [0, 0.1) is 11.6 Å². The van der Waals surface area contributed by atoms with Gasteiger partial charge in [-0.05, 0) is 49.2 Å². The molecule has 1 amide bonds. The van der Waals surface area contributed by atoms with Gasteiger partial charge in [0, 0.05) is 12.1 Å². The summed E-state index contributed by atoms with van der Waals surface area (Å²) in [5.41, 5.74) is 1.44. The number of ketones is 1. The van der Waals surface area contributed by atoms with E-state index in [0.29, 0.717) is 5.69 Å². The van der Waals surface area contributed by atoms with Crippen LogP contribution >= 0.6 is 0 Å². The Balaban J connectivity index is 1.45. The number of amides is 1. The van der Waals surface area contributed by atoms with Crippen LogP contribution in [0.3, 0.4) is 0 Å². The average molecular weight is 386 g/mol. The van der Waals surface area contributed by atoms with Gasteiger partial charge in [-0.3, -0.25) is 9.59 Å². The van der Waals surface area contributed by atoms with Crippen molar-refractivity contribution in [2.24, 2.45) is 0 Å². The van der Waals surface area contributed by atoms with Crippen molar-refractivity contribution in [1.29, 1.82) is 0 Å². The largest absolute Gasteiger partial charge is 0.454 e. The summed E-state index contributed by atoms with van der Waals surface area (Å²) in [7, 11) is 0. The number of rotatable bonds is 4. The Kier molecular flexibility index (Phi) is 4.54. The van der Waals surface area contributed by atoms with Crippen molar-refractivity contribution in [2.45, 2.75) is 18.9 Å². The molecule has 2 aromatic rings. The molecule has 1 saturated heterocycles. The first-order valence-corrected chi connectivity index (χ1v) is 8.81. The van der Waals surface area contributed by atoms with Crippen molar-refractivity contribution in [3.8, 4) is 0 Å². The molecule has 4 rings (SSSR count). The zero-order valence-electron chi connectivity index (χ0n) is 14.7. The number of fused-ring (bicyclic) bond motifs is 3. The number of benzene rings is 2. The van der Waals surface area contributed by atoms with Gasteiger partial charge in [0.25, 0.3) is 0 Å². The van der Waals surface area contributed by atoms with Crippen molar-refractivity contribution in [2.75, 3.05) is 23.4 Å². The lowest BCUT2D eigenvalue weighted by Crippen LogP contribution is -2.43. The quantitative estimate of drug-likeness (QED) is 0.646. The first-order valence-electron chi connectivity index (χ1n) is 8.81. The van der Waals surface area contributed by atoms with Gasteiger partial charge in [0.1, 0.15) is 6.04 Å². The van der Waals surface area contributed by atoms with Crippen molar-refractivity contribution in [1.82, 2.24) is 0 Å². The SMILES string of the molecule is O=C(COC(=O)c1ccc2c(c1)NC(=O)[C@@H]1CCCN21)c1ccc(F)c(F)c1. The predicted octanol–water partition coefficient (Wildman–Crippen LogP) is 2.93. The smallest absolute Gasteiger partial charge is 0.338 e. The Bertz CT molecular complexity index is 992. The van der Waals surface area contributed by atoms with E-state index < -0.39 is 30.0 Å². The monoisotopic (exact) mass is 386 g/mol. The zero-order valence-corrected chi connectivity index (χ0v) is 14.7. The fourth-order valence-corrected chi connectivity index (χ4v) is 3.52. The van der Waals surface area contributed by atoms with Crippen molar-refractivity contribution >= 4 is 29.0 Å². The van der Waals surface area contributed by atoms with Crippen LogP contribution in [0.4, 0.5) is 20.2 Å². The van der Waals surface area contributed by atoms with Crippen LogP contribution in [0.25, 0.3) is 0 Å². The van der Waals surface area contributed by atoms with Gasteiger partial charge in [0.2, 0.25) is 5.91 Å². The third kappa shape index (κ3) is 3.21. The van der Waals surface area contributed by atoms with E-state index in [1.165, 1.54) is 6.07 Å². The number of carbonyl (C=O) groups excluding carboxylic acids is 3. The maximum absolute atomic E-state index is 13.2. The number of hydrogen-bond acceptors (Lipinski definition) is 5. The van der Waals surface area contributed by atoms with Crippen molar-refractivity contribution in [3.05, 3.63) is 59.2 Å². The highest BCUT2D eigenvalue weighted by molar-refractivity contribution is 6.06. The molecule has 1 N–H and O–H groups in total. The summed E-state index contributed by atoms with van der Waals surface area (Å²) in [4.78, 5) is 38.5. The van der Waals surface area contributed by atoms with Crippen molar-refractivity contribution in [3.63, 3.8) is 0 Å². The summed E-state index contributed by atoms with van der Waals surface area (Å²) >= 11 is 0. The number of carbonyl (C=O) groups is 3. The minimum absolute atomic E-state index is 0.0931. The van der Waals surface area contributed by atoms with Crippen LogP contribution in [0.15, 0.2) is 36.4 Å². The molecule has 2 aromatic carbocycles. The van der Waals surface area contributed by atoms with Crippen LogP contribution in [-0.4, -0.2) is 36.9 Å². The molecule has 8 heteroatoms. The number of hydrogen-bond donors (Lipinski definition) is 1. The van der Waals surface area contributed by atoms with Gasteiger partial charge in [0.15, 0.2) is 24.0 Å².